The molecule has 1 aliphatic rings. The lowest BCUT2D eigenvalue weighted by Gasteiger charge is -2.28. The molecule has 0 aliphatic heterocycles. The second kappa shape index (κ2) is 6.22. The van der Waals surface area contributed by atoms with Crippen LogP contribution in [0.3, 0.4) is 0 Å². The Bertz CT molecular complexity index is 447. The highest BCUT2D eigenvalue weighted by atomic mass is 16.4. The van der Waals surface area contributed by atoms with Crippen LogP contribution in [0.25, 0.3) is 0 Å². The summed E-state index contributed by atoms with van der Waals surface area (Å²) < 4.78 is 0. The van der Waals surface area contributed by atoms with Gasteiger partial charge in [-0.25, -0.2) is 4.79 Å². The summed E-state index contributed by atoms with van der Waals surface area (Å²) in [5.74, 6) is -0.145. The summed E-state index contributed by atoms with van der Waals surface area (Å²) in [5.41, 5.74) is 0.779. The van der Waals surface area contributed by atoms with Crippen molar-refractivity contribution in [1.29, 1.82) is 0 Å². The molecule has 0 spiro atoms. The maximum absolute atomic E-state index is 12.1. The number of rotatable bonds is 3. The SMILES string of the molecule is O=C(O)NC1CCCC(C(=O)Nc2ccccc2)C1. The summed E-state index contributed by atoms with van der Waals surface area (Å²) in [7, 11) is 0. The number of benzene rings is 1. The third-order valence-corrected chi connectivity index (χ3v) is 3.41. The van der Waals surface area contributed by atoms with Crippen LogP contribution in [0.4, 0.5) is 10.5 Å². The van der Waals surface area contributed by atoms with E-state index in [1.807, 2.05) is 30.3 Å². The molecule has 0 bridgehead atoms. The van der Waals surface area contributed by atoms with Gasteiger partial charge in [0.15, 0.2) is 0 Å². The molecule has 1 aromatic carbocycles. The maximum Gasteiger partial charge on any atom is 0.404 e. The van der Waals surface area contributed by atoms with Gasteiger partial charge in [-0.2, -0.15) is 0 Å². The molecule has 1 fully saturated rings. The summed E-state index contributed by atoms with van der Waals surface area (Å²) in [5, 5.41) is 14.1. The standard InChI is InChI=1S/C14H18N2O3/c17-13(15-11-6-2-1-3-7-11)10-5-4-8-12(9-10)16-14(18)19/h1-3,6-7,10,12,16H,4-5,8-9H2,(H,15,17)(H,18,19). The number of carbonyl (C=O) groups excluding carboxylic acids is 1. The van der Waals surface area contributed by atoms with Gasteiger partial charge in [-0.15, -0.1) is 0 Å². The van der Waals surface area contributed by atoms with Crippen molar-refractivity contribution in [2.75, 3.05) is 5.32 Å². The van der Waals surface area contributed by atoms with Crippen LogP contribution in [0, 0.1) is 5.92 Å². The van der Waals surface area contributed by atoms with Crippen LogP contribution in [-0.4, -0.2) is 23.1 Å². The van der Waals surface area contributed by atoms with Crippen molar-refractivity contribution in [2.24, 2.45) is 5.92 Å². The van der Waals surface area contributed by atoms with Crippen molar-refractivity contribution in [1.82, 2.24) is 5.32 Å². The highest BCUT2D eigenvalue weighted by Gasteiger charge is 2.28. The smallest absolute Gasteiger partial charge is 0.404 e. The van der Waals surface area contributed by atoms with E-state index in [1.165, 1.54) is 0 Å². The molecule has 2 atom stereocenters. The minimum absolute atomic E-state index is 0.0249. The Labute approximate surface area is 112 Å². The molecular formula is C14H18N2O3. The lowest BCUT2D eigenvalue weighted by Crippen LogP contribution is -2.40. The van der Waals surface area contributed by atoms with Crippen molar-refractivity contribution >= 4 is 17.7 Å². The Morgan fingerprint density at radius 3 is 2.58 bits per heavy atom. The molecule has 0 radical (unpaired) electrons. The van der Waals surface area contributed by atoms with Crippen LogP contribution in [-0.2, 0) is 4.79 Å². The normalized spacial score (nSPS) is 22.5. The van der Waals surface area contributed by atoms with E-state index in [0.717, 1.165) is 24.9 Å². The minimum Gasteiger partial charge on any atom is -0.465 e. The lowest BCUT2D eigenvalue weighted by molar-refractivity contribution is -0.121. The van der Waals surface area contributed by atoms with E-state index in [-0.39, 0.29) is 17.9 Å². The van der Waals surface area contributed by atoms with Crippen molar-refractivity contribution < 1.29 is 14.7 Å². The molecule has 5 heteroatoms. The third-order valence-electron chi connectivity index (χ3n) is 3.41. The quantitative estimate of drug-likeness (QED) is 0.783. The molecule has 5 nitrogen and oxygen atoms in total. The number of para-hydroxylation sites is 1. The number of carbonyl (C=O) groups is 2. The van der Waals surface area contributed by atoms with E-state index < -0.39 is 6.09 Å². The Kier molecular flexibility index (Phi) is 4.39. The van der Waals surface area contributed by atoms with Crippen molar-refractivity contribution in [2.45, 2.75) is 31.7 Å². The van der Waals surface area contributed by atoms with Gasteiger partial charge in [0.2, 0.25) is 5.91 Å². The van der Waals surface area contributed by atoms with Crippen molar-refractivity contribution in [3.05, 3.63) is 30.3 Å². The van der Waals surface area contributed by atoms with Crippen LogP contribution < -0.4 is 10.6 Å². The van der Waals surface area contributed by atoms with Gasteiger partial charge in [0.1, 0.15) is 0 Å². The van der Waals surface area contributed by atoms with E-state index in [9.17, 15) is 9.59 Å². The van der Waals surface area contributed by atoms with Crippen LogP contribution in [0.2, 0.25) is 0 Å². The summed E-state index contributed by atoms with van der Waals surface area (Å²) in [6, 6.07) is 9.19. The second-order valence-corrected chi connectivity index (χ2v) is 4.87. The molecule has 102 valence electrons. The highest BCUT2D eigenvalue weighted by molar-refractivity contribution is 5.92. The first-order valence-corrected chi connectivity index (χ1v) is 6.50. The fourth-order valence-electron chi connectivity index (χ4n) is 2.50. The molecule has 1 aromatic rings. The summed E-state index contributed by atoms with van der Waals surface area (Å²) in [6.07, 6.45) is 2.05. The molecule has 2 amide bonds. The molecule has 19 heavy (non-hydrogen) atoms. The fraction of sp³-hybridized carbons (Fsp3) is 0.429. The van der Waals surface area contributed by atoms with Gasteiger partial charge in [0.05, 0.1) is 0 Å². The number of amides is 2. The first-order valence-electron chi connectivity index (χ1n) is 6.50. The van der Waals surface area contributed by atoms with Crippen LogP contribution in [0.5, 0.6) is 0 Å². The summed E-state index contributed by atoms with van der Waals surface area (Å²) in [4.78, 5) is 22.7. The molecule has 2 unspecified atom stereocenters. The van der Waals surface area contributed by atoms with Crippen LogP contribution in [0.1, 0.15) is 25.7 Å². The molecule has 0 saturated heterocycles. The largest absolute Gasteiger partial charge is 0.465 e. The van der Waals surface area contributed by atoms with Gasteiger partial charge in [0, 0.05) is 17.6 Å². The predicted molar refractivity (Wildman–Crippen MR) is 72.0 cm³/mol. The number of carboxylic acid groups (broad SMARTS) is 1. The van der Waals surface area contributed by atoms with Crippen LogP contribution in [0.15, 0.2) is 30.3 Å². The van der Waals surface area contributed by atoms with Gasteiger partial charge < -0.3 is 15.7 Å². The average Bonchev–Trinajstić information content (AvgIpc) is 2.39. The molecular weight excluding hydrogens is 244 g/mol. The first kappa shape index (κ1) is 13.4. The Hall–Kier alpha value is -2.04. The van der Waals surface area contributed by atoms with Gasteiger partial charge in [0.25, 0.3) is 0 Å². The predicted octanol–water partition coefficient (Wildman–Crippen LogP) is 2.45. The minimum atomic E-state index is -1.02. The molecule has 1 saturated carbocycles. The zero-order valence-electron chi connectivity index (χ0n) is 10.6. The van der Waals surface area contributed by atoms with E-state index >= 15 is 0 Å². The number of hydrogen-bond acceptors (Lipinski definition) is 2. The van der Waals surface area contributed by atoms with Crippen molar-refractivity contribution in [3.63, 3.8) is 0 Å². The van der Waals surface area contributed by atoms with E-state index in [4.69, 9.17) is 5.11 Å². The van der Waals surface area contributed by atoms with Crippen molar-refractivity contribution in [3.8, 4) is 0 Å². The molecule has 0 heterocycles. The molecule has 1 aliphatic carbocycles. The maximum atomic E-state index is 12.1. The second-order valence-electron chi connectivity index (χ2n) is 4.87. The zero-order chi connectivity index (χ0) is 13.7. The number of nitrogens with one attached hydrogen (secondary N) is 2. The van der Waals surface area contributed by atoms with E-state index in [2.05, 4.69) is 10.6 Å². The van der Waals surface area contributed by atoms with Gasteiger partial charge in [-0.3, -0.25) is 4.79 Å². The molecule has 2 rings (SSSR count). The first-order chi connectivity index (χ1) is 9.15. The Morgan fingerprint density at radius 2 is 1.89 bits per heavy atom. The fourth-order valence-corrected chi connectivity index (χ4v) is 2.50. The van der Waals surface area contributed by atoms with Crippen LogP contribution >= 0.6 is 0 Å². The number of anilines is 1. The topological polar surface area (TPSA) is 78.4 Å². The summed E-state index contributed by atoms with van der Waals surface area (Å²) in [6.45, 7) is 0. The average molecular weight is 262 g/mol. The molecule has 0 aromatic heterocycles. The Balaban J connectivity index is 1.90. The third kappa shape index (κ3) is 3.98. The van der Waals surface area contributed by atoms with Gasteiger partial charge >= 0.3 is 6.09 Å². The van der Waals surface area contributed by atoms with Gasteiger partial charge in [-0.05, 0) is 31.4 Å². The molecule has 3 N–H and O–H groups in total. The monoisotopic (exact) mass is 262 g/mol. The Morgan fingerprint density at radius 1 is 1.16 bits per heavy atom. The highest BCUT2D eigenvalue weighted by Crippen LogP contribution is 2.25. The number of hydrogen-bond donors (Lipinski definition) is 3. The zero-order valence-corrected chi connectivity index (χ0v) is 10.6. The van der Waals surface area contributed by atoms with E-state index in [0.29, 0.717) is 6.42 Å². The lowest BCUT2D eigenvalue weighted by atomic mass is 9.85. The van der Waals surface area contributed by atoms with E-state index in [1.54, 1.807) is 0 Å². The summed E-state index contributed by atoms with van der Waals surface area (Å²) >= 11 is 0. The van der Waals surface area contributed by atoms with Gasteiger partial charge in [-0.1, -0.05) is 24.6 Å².